The SMILES string of the molecule is CN(C)CCOc1ccc(B2OC(C)(C)C(C)(C)O2)cc1.CN(C)CCOc1ccc(Br)cc1.[B]B([B])B(B([B])[B])B(B([B])[B])B(B([B])[B])B([B])[B]. The molecule has 2 aromatic carbocycles. The zero-order valence-corrected chi connectivity index (χ0v) is 33.9. The lowest BCUT2D eigenvalue weighted by atomic mass is 8.41. The summed E-state index contributed by atoms with van der Waals surface area (Å²) < 4.78 is 24.3. The van der Waals surface area contributed by atoms with Gasteiger partial charge >= 0.3 is 7.12 Å². The molecule has 0 aliphatic carbocycles. The molecule has 2 aromatic rings. The monoisotopic (exact) mass is 732 g/mol. The molecule has 1 aliphatic heterocycles. The zero-order chi connectivity index (χ0) is 40.0. The summed E-state index contributed by atoms with van der Waals surface area (Å²) in [7, 11) is 64.5. The van der Waals surface area contributed by atoms with Crippen molar-refractivity contribution in [1.82, 2.24) is 9.80 Å². The number of rotatable bonds is 16. The number of nitrogens with zero attached hydrogens (tertiary/aromatic N) is 2. The normalized spacial score (nSPS) is 13.9. The molecule has 242 valence electrons. The molecule has 0 N–H and O–H groups in total. The Morgan fingerprint density at radius 3 is 1.15 bits per heavy atom. The molecule has 0 bridgehead atoms. The number of hydrogen-bond donors (Lipinski definition) is 0. The van der Waals surface area contributed by atoms with Gasteiger partial charge in [0.25, 0.3) is 0 Å². The number of benzene rings is 2. The van der Waals surface area contributed by atoms with Gasteiger partial charge in [-0.2, -0.15) is 0 Å². The quantitative estimate of drug-likeness (QED) is 0.178. The highest BCUT2D eigenvalue weighted by Gasteiger charge is 2.51. The number of ether oxygens (including phenoxy) is 2. The van der Waals surface area contributed by atoms with E-state index in [1.807, 2.05) is 76.7 Å². The molecule has 1 saturated heterocycles. The Labute approximate surface area is 341 Å². The van der Waals surface area contributed by atoms with Gasteiger partial charge in [0, 0.05) is 146 Å². The minimum atomic E-state index is -0.853. The van der Waals surface area contributed by atoms with Crippen LogP contribution in [0.4, 0.5) is 0 Å². The van der Waals surface area contributed by atoms with Gasteiger partial charge in [-0.25, -0.2) is 0 Å². The van der Waals surface area contributed by atoms with E-state index in [0.717, 1.165) is 41.1 Å². The molecule has 0 aromatic heterocycles. The summed E-state index contributed by atoms with van der Waals surface area (Å²) in [6, 6.07) is 15.8. The van der Waals surface area contributed by atoms with Crippen LogP contribution in [-0.2, 0) is 9.31 Å². The highest BCUT2D eigenvalue weighted by Crippen LogP contribution is 2.36. The van der Waals surface area contributed by atoms with Crippen LogP contribution in [0.3, 0.4) is 0 Å². The van der Waals surface area contributed by atoms with E-state index in [2.05, 4.69) is 53.4 Å². The molecular formula is C26H40B19BrN2O4. The van der Waals surface area contributed by atoms with Gasteiger partial charge in [0.2, 0.25) is 0 Å². The van der Waals surface area contributed by atoms with E-state index >= 15 is 0 Å². The zero-order valence-electron chi connectivity index (χ0n) is 32.3. The maximum atomic E-state index is 6.03. The van der Waals surface area contributed by atoms with Crippen LogP contribution in [0.2, 0.25) is 0 Å². The lowest BCUT2D eigenvalue weighted by Crippen LogP contribution is -2.78. The summed E-state index contributed by atoms with van der Waals surface area (Å²) in [5, 5.41) is 0. The van der Waals surface area contributed by atoms with E-state index in [9.17, 15) is 0 Å². The summed E-state index contributed by atoms with van der Waals surface area (Å²) in [4.78, 5) is 4.19. The molecule has 6 nitrogen and oxygen atoms in total. The predicted octanol–water partition coefficient (Wildman–Crippen LogP) is -2.54. The van der Waals surface area contributed by atoms with E-state index in [1.165, 1.54) is 0 Å². The first kappa shape index (κ1) is 49.6. The summed E-state index contributed by atoms with van der Waals surface area (Å²) in [6.07, 6.45) is -6.04. The molecule has 0 unspecified atom stereocenters. The third-order valence-corrected chi connectivity index (χ3v) is 9.47. The Morgan fingerprint density at radius 2 is 0.865 bits per heavy atom. The Morgan fingerprint density at radius 1 is 0.558 bits per heavy atom. The third-order valence-electron chi connectivity index (χ3n) is 8.94. The first-order valence-corrected chi connectivity index (χ1v) is 18.1. The van der Waals surface area contributed by atoms with Crippen LogP contribution in [0.5, 0.6) is 11.5 Å². The van der Waals surface area contributed by atoms with Crippen molar-refractivity contribution >= 4 is 157 Å². The van der Waals surface area contributed by atoms with Crippen molar-refractivity contribution in [2.75, 3.05) is 54.5 Å². The molecule has 0 atom stereocenters. The lowest BCUT2D eigenvalue weighted by molar-refractivity contribution is 0.00578. The molecule has 1 aliphatic rings. The first-order chi connectivity index (χ1) is 24.0. The second kappa shape index (κ2) is 23.6. The van der Waals surface area contributed by atoms with Crippen molar-refractivity contribution < 1.29 is 18.8 Å². The standard InChI is InChI=1S/C16H26BNO3.C10H14BrNO.B18/c1-15(2)16(3,4)21-17(20-15)13-7-9-14(10-8-13)19-12-11-18(5)6;1-12(2)7-8-13-10-5-3-9(11)4-6-10;1-11(2)16(12(3)4)18(15(9)10)17(13(5)6)14(7)8/h7-10H,11-12H2,1-6H3;3-6H,7-8H2,1-2H3;. The van der Waals surface area contributed by atoms with E-state index in [1.54, 1.807) is 0 Å². The molecule has 1 fully saturated rings. The minimum absolute atomic E-state index is 0.307. The summed E-state index contributed by atoms with van der Waals surface area (Å²) in [6.45, 7) is 11.5. The Hall–Kier alpha value is -0.406. The van der Waals surface area contributed by atoms with E-state index in [0.29, 0.717) is 6.61 Å². The van der Waals surface area contributed by atoms with E-state index in [4.69, 9.17) is 96.2 Å². The van der Waals surface area contributed by atoms with Gasteiger partial charge in [0.15, 0.2) is 0 Å². The molecule has 0 amide bonds. The molecule has 26 heteroatoms. The lowest BCUT2D eigenvalue weighted by Gasteiger charge is -2.40. The van der Waals surface area contributed by atoms with Gasteiger partial charge in [-0.3, -0.25) is 0 Å². The first-order valence-electron chi connectivity index (χ1n) is 17.3. The van der Waals surface area contributed by atoms with Gasteiger partial charge in [0.05, 0.1) is 11.2 Å². The maximum Gasteiger partial charge on any atom is 0.494 e. The van der Waals surface area contributed by atoms with Gasteiger partial charge in [0.1, 0.15) is 24.7 Å². The van der Waals surface area contributed by atoms with Crippen molar-refractivity contribution in [2.45, 2.75) is 38.9 Å². The molecule has 3 rings (SSSR count). The van der Waals surface area contributed by atoms with E-state index in [-0.39, 0.29) is 18.3 Å². The Bertz CT molecular complexity index is 1220. The number of hydrogen-bond acceptors (Lipinski definition) is 6. The fourth-order valence-electron chi connectivity index (χ4n) is 5.23. The third kappa shape index (κ3) is 17.2. The Kier molecular flexibility index (Phi) is 22.5. The molecular weight excluding hydrogens is 690 g/mol. The van der Waals surface area contributed by atoms with Crippen LogP contribution in [0, 0.1) is 0 Å². The summed E-state index contributed by atoms with van der Waals surface area (Å²) in [5.74, 6) is 1.79. The molecule has 20 radical (unpaired) electrons. The smallest absolute Gasteiger partial charge is 0.492 e. The van der Waals surface area contributed by atoms with Gasteiger partial charge < -0.3 is 28.6 Å². The molecule has 0 saturated carbocycles. The summed E-state index contributed by atoms with van der Waals surface area (Å²) in [5.41, 5.74) is 0.408. The van der Waals surface area contributed by atoms with Crippen molar-refractivity contribution in [3.8, 4) is 11.5 Å². The van der Waals surface area contributed by atoms with Crippen molar-refractivity contribution in [3.63, 3.8) is 0 Å². The fourth-order valence-corrected chi connectivity index (χ4v) is 5.50. The van der Waals surface area contributed by atoms with Crippen LogP contribution >= 0.6 is 15.9 Å². The number of likely N-dealkylation sites (N-methyl/N-ethyl adjacent to an activating group) is 2. The average Bonchev–Trinajstić information content (AvgIpc) is 3.23. The van der Waals surface area contributed by atoms with Crippen LogP contribution in [0.25, 0.3) is 0 Å². The summed E-state index contributed by atoms with van der Waals surface area (Å²) >= 11 is 3.37. The second-order valence-electron chi connectivity index (χ2n) is 14.5. The maximum absolute atomic E-state index is 6.03. The average molecular weight is 730 g/mol. The van der Waals surface area contributed by atoms with Crippen molar-refractivity contribution in [1.29, 1.82) is 0 Å². The molecule has 1 heterocycles. The van der Waals surface area contributed by atoms with Crippen molar-refractivity contribution in [3.05, 3.63) is 53.0 Å². The van der Waals surface area contributed by atoms with Crippen LogP contribution in [-0.4, -0.2) is 211 Å². The Balaban J connectivity index is 0.000000401. The van der Waals surface area contributed by atoms with Crippen LogP contribution in [0.1, 0.15) is 27.7 Å². The van der Waals surface area contributed by atoms with Gasteiger partial charge in [-0.1, -0.05) is 28.1 Å². The minimum Gasteiger partial charge on any atom is -0.492 e. The second-order valence-corrected chi connectivity index (χ2v) is 15.4. The molecule has 52 heavy (non-hydrogen) atoms. The highest BCUT2D eigenvalue weighted by atomic mass is 79.9. The number of halogens is 1. The largest absolute Gasteiger partial charge is 0.494 e. The van der Waals surface area contributed by atoms with Gasteiger partial charge in [-0.05, 0) is 97.7 Å². The van der Waals surface area contributed by atoms with Crippen LogP contribution in [0.15, 0.2) is 53.0 Å². The van der Waals surface area contributed by atoms with E-state index < -0.39 is 51.1 Å². The predicted molar refractivity (Wildman–Crippen MR) is 248 cm³/mol. The molecule has 0 spiro atoms. The highest BCUT2D eigenvalue weighted by molar-refractivity contribution is 9.10. The van der Waals surface area contributed by atoms with Crippen molar-refractivity contribution in [2.24, 2.45) is 0 Å². The van der Waals surface area contributed by atoms with Crippen LogP contribution < -0.4 is 14.9 Å². The van der Waals surface area contributed by atoms with Gasteiger partial charge in [-0.15, -0.1) is 0 Å². The fraction of sp³-hybridized carbons (Fsp3) is 0.538. The topological polar surface area (TPSA) is 43.4 Å².